The third-order valence-electron chi connectivity index (χ3n) is 10.5. The molecule has 3 fully saturated rings. The molecule has 50 heavy (non-hydrogen) atoms. The predicted molar refractivity (Wildman–Crippen MR) is 184 cm³/mol. The Hall–Kier alpha value is -3.46. The molecule has 0 radical (unpaired) electrons. The maximum Gasteiger partial charge on any atom is 0.407 e. The van der Waals surface area contributed by atoms with E-state index in [2.05, 4.69) is 4.98 Å². The number of aliphatic imine (C=N–C) groups is 1. The SMILES string of the molecule is CC(C)C1=C(C(=O)N2C[C@H](F)C[C@@H]2C(=O)N2CC3(CC3)N(C(=O)O)C[C@@H]2CO)SC2=N[C@@](C)(c3ccc(Cl)nc3)[C@@H](c3ccc(Cl)c(F)c3)N21. The molecule has 3 amide bonds. The largest absolute Gasteiger partial charge is 0.465 e. The van der Waals surface area contributed by atoms with Crippen molar-refractivity contribution in [1.29, 1.82) is 0 Å². The molecule has 1 saturated carbocycles. The molecule has 5 atom stereocenters. The minimum Gasteiger partial charge on any atom is -0.465 e. The lowest BCUT2D eigenvalue weighted by Gasteiger charge is -2.46. The Kier molecular flexibility index (Phi) is 8.84. The highest BCUT2D eigenvalue weighted by molar-refractivity contribution is 8.18. The monoisotopic (exact) mass is 748 g/mol. The van der Waals surface area contributed by atoms with Crippen LogP contribution in [0.25, 0.3) is 0 Å². The van der Waals surface area contributed by atoms with Crippen LogP contribution < -0.4 is 0 Å². The van der Waals surface area contributed by atoms with Crippen LogP contribution in [0, 0.1) is 11.7 Å². The lowest BCUT2D eigenvalue weighted by molar-refractivity contribution is -0.148. The highest BCUT2D eigenvalue weighted by Crippen LogP contribution is 2.56. The van der Waals surface area contributed by atoms with Crippen molar-refractivity contribution < 1.29 is 33.4 Å². The van der Waals surface area contributed by atoms with Gasteiger partial charge in [0.2, 0.25) is 5.91 Å². The van der Waals surface area contributed by atoms with Crippen LogP contribution in [0.4, 0.5) is 13.6 Å². The minimum absolute atomic E-state index is 0.0417. The van der Waals surface area contributed by atoms with E-state index in [9.17, 15) is 24.6 Å². The first-order valence-corrected chi connectivity index (χ1v) is 18.0. The molecule has 16 heteroatoms. The van der Waals surface area contributed by atoms with Gasteiger partial charge in [0.1, 0.15) is 33.6 Å². The summed E-state index contributed by atoms with van der Waals surface area (Å²) in [4.78, 5) is 56.3. The van der Waals surface area contributed by atoms with E-state index in [1.807, 2.05) is 25.7 Å². The normalized spacial score (nSPS) is 28.5. The first-order valence-electron chi connectivity index (χ1n) is 16.4. The van der Waals surface area contributed by atoms with Crippen molar-refractivity contribution in [2.75, 3.05) is 26.2 Å². The molecule has 5 aliphatic rings. The Labute approximate surface area is 301 Å². The number of nitrogens with zero attached hydrogens (tertiary/aromatic N) is 6. The molecule has 0 bridgehead atoms. The molecular formula is C34H36Cl2F2N6O5S. The fourth-order valence-corrected chi connectivity index (χ4v) is 9.45. The number of pyridine rings is 1. The quantitative estimate of drug-likeness (QED) is 0.375. The number of rotatable bonds is 6. The lowest BCUT2D eigenvalue weighted by atomic mass is 9.81. The Morgan fingerprint density at radius 1 is 1.12 bits per heavy atom. The average molecular weight is 750 g/mol. The highest BCUT2D eigenvalue weighted by atomic mass is 35.5. The average Bonchev–Trinajstić information content (AvgIpc) is 3.42. The number of piperazine rings is 1. The molecule has 5 heterocycles. The zero-order valence-corrected chi connectivity index (χ0v) is 29.9. The summed E-state index contributed by atoms with van der Waals surface area (Å²) in [6.45, 7) is 4.94. The van der Waals surface area contributed by atoms with Crippen LogP contribution in [0.2, 0.25) is 10.2 Å². The number of hydrogen-bond donors (Lipinski definition) is 2. The summed E-state index contributed by atoms with van der Waals surface area (Å²) in [5.74, 6) is -1.91. The van der Waals surface area contributed by atoms with Gasteiger partial charge in [0.15, 0.2) is 5.17 Å². The van der Waals surface area contributed by atoms with Gasteiger partial charge in [-0.1, -0.05) is 49.2 Å². The van der Waals surface area contributed by atoms with E-state index < -0.39 is 65.7 Å². The van der Waals surface area contributed by atoms with Gasteiger partial charge in [-0.15, -0.1) is 0 Å². The molecule has 11 nitrogen and oxygen atoms in total. The van der Waals surface area contributed by atoms with Gasteiger partial charge in [0.05, 0.1) is 35.8 Å². The van der Waals surface area contributed by atoms with Crippen LogP contribution in [0.3, 0.4) is 0 Å². The third kappa shape index (κ3) is 5.62. The summed E-state index contributed by atoms with van der Waals surface area (Å²) >= 11 is 13.3. The fraction of sp³-hybridized carbons (Fsp3) is 0.500. The Balaban J connectivity index is 1.25. The number of carboxylic acid groups (broad SMARTS) is 1. The van der Waals surface area contributed by atoms with Crippen LogP contribution in [0.15, 0.2) is 52.1 Å². The summed E-state index contributed by atoms with van der Waals surface area (Å²) in [7, 11) is 0. The van der Waals surface area contributed by atoms with E-state index in [4.69, 9.17) is 28.2 Å². The molecule has 2 N–H and O–H groups in total. The van der Waals surface area contributed by atoms with Gasteiger partial charge < -0.3 is 24.9 Å². The number of aromatic nitrogens is 1. The molecule has 0 unspecified atom stereocenters. The second-order valence-electron chi connectivity index (χ2n) is 14.1. The number of benzene rings is 1. The third-order valence-corrected chi connectivity index (χ3v) is 12.1. The Morgan fingerprint density at radius 3 is 2.46 bits per heavy atom. The predicted octanol–water partition coefficient (Wildman–Crippen LogP) is 5.42. The first-order chi connectivity index (χ1) is 23.7. The maximum atomic E-state index is 15.2. The molecule has 1 aliphatic carbocycles. The van der Waals surface area contributed by atoms with Crippen molar-refractivity contribution in [2.45, 2.75) is 75.4 Å². The van der Waals surface area contributed by atoms with Crippen molar-refractivity contribution in [1.82, 2.24) is 24.6 Å². The van der Waals surface area contributed by atoms with Crippen LogP contribution >= 0.6 is 35.0 Å². The molecule has 266 valence electrons. The number of amides is 3. The van der Waals surface area contributed by atoms with Gasteiger partial charge in [-0.2, -0.15) is 0 Å². The fourth-order valence-electron chi connectivity index (χ4n) is 7.86. The van der Waals surface area contributed by atoms with Crippen molar-refractivity contribution >= 4 is 58.0 Å². The van der Waals surface area contributed by atoms with E-state index in [0.29, 0.717) is 40.0 Å². The zero-order chi connectivity index (χ0) is 35.9. The molecule has 7 rings (SSSR count). The molecule has 4 aliphatic heterocycles. The van der Waals surface area contributed by atoms with Gasteiger partial charge in [-0.25, -0.2) is 23.6 Å². The van der Waals surface area contributed by atoms with Crippen molar-refractivity contribution in [3.63, 3.8) is 0 Å². The standard InChI is InChI=1S/C34H36Cl2F2N6O5S/c1-17(2)26-27(30(47)41-13-20(37)11-24(41)29(46)42-16-34(8-9-34)43(32(48)49)14-21(42)15-45)50-31-40-33(3,19-5-7-25(36)39-12-19)28(44(26)31)18-4-6-22(35)23(38)10-18/h4-7,10,12,17,20-21,24,28,45H,8-9,11,13-16H2,1-3H3,(H,48,49)/t20-,21-,24-,28-,33+/m1/s1. The van der Waals surface area contributed by atoms with E-state index in [1.54, 1.807) is 24.4 Å². The molecule has 2 aromatic rings. The number of thioether (sulfide) groups is 1. The summed E-state index contributed by atoms with van der Waals surface area (Å²) < 4.78 is 30.3. The molecule has 2 saturated heterocycles. The van der Waals surface area contributed by atoms with Crippen LogP contribution in [-0.2, 0) is 15.1 Å². The van der Waals surface area contributed by atoms with E-state index in [1.165, 1.54) is 26.8 Å². The number of likely N-dealkylation sites (tertiary alicyclic amines) is 1. The molecule has 1 spiro atoms. The number of allylic oxidation sites excluding steroid dienone is 1. The van der Waals surface area contributed by atoms with Gasteiger partial charge in [0.25, 0.3) is 5.91 Å². The van der Waals surface area contributed by atoms with Gasteiger partial charge in [-0.05, 0) is 61.2 Å². The molecule has 1 aromatic heterocycles. The summed E-state index contributed by atoms with van der Waals surface area (Å²) in [5.41, 5.74) is 0.120. The summed E-state index contributed by atoms with van der Waals surface area (Å²) in [6, 6.07) is 5.39. The van der Waals surface area contributed by atoms with Gasteiger partial charge in [0, 0.05) is 37.0 Å². The van der Waals surface area contributed by atoms with E-state index in [0.717, 1.165) is 11.8 Å². The lowest BCUT2D eigenvalue weighted by Crippen LogP contribution is -2.65. The van der Waals surface area contributed by atoms with Crippen molar-refractivity contribution in [3.05, 3.63) is 74.3 Å². The number of aliphatic hydroxyl groups excluding tert-OH is 1. The van der Waals surface area contributed by atoms with Crippen molar-refractivity contribution in [3.8, 4) is 0 Å². The number of amidine groups is 1. The molecular weight excluding hydrogens is 713 g/mol. The number of carbonyl (C=O) groups is 3. The topological polar surface area (TPSA) is 130 Å². The van der Waals surface area contributed by atoms with E-state index >= 15 is 8.78 Å². The van der Waals surface area contributed by atoms with Gasteiger partial charge >= 0.3 is 6.09 Å². The highest BCUT2D eigenvalue weighted by Gasteiger charge is 2.59. The van der Waals surface area contributed by atoms with Crippen LogP contribution in [0.1, 0.15) is 57.2 Å². The smallest absolute Gasteiger partial charge is 0.407 e. The Bertz CT molecular complexity index is 1830. The number of carbonyl (C=O) groups excluding carboxylic acids is 2. The summed E-state index contributed by atoms with van der Waals surface area (Å²) in [6.07, 6.45) is -0.0394. The number of alkyl halides is 1. The Morgan fingerprint density at radius 2 is 1.86 bits per heavy atom. The zero-order valence-electron chi connectivity index (χ0n) is 27.5. The second-order valence-corrected chi connectivity index (χ2v) is 15.8. The molecule has 1 aromatic carbocycles. The first kappa shape index (κ1) is 35.0. The second kappa shape index (κ2) is 12.6. The van der Waals surface area contributed by atoms with Crippen molar-refractivity contribution in [2.24, 2.45) is 10.9 Å². The maximum absolute atomic E-state index is 15.2. The van der Waals surface area contributed by atoms with Gasteiger partial charge in [-0.3, -0.25) is 14.5 Å². The minimum atomic E-state index is -1.46. The van der Waals surface area contributed by atoms with E-state index in [-0.39, 0.29) is 41.9 Å². The number of halogens is 4. The van der Waals surface area contributed by atoms with Crippen LogP contribution in [-0.4, -0.2) is 108 Å². The number of aliphatic hydroxyl groups is 1. The number of fused-ring (bicyclic) bond motifs is 1. The summed E-state index contributed by atoms with van der Waals surface area (Å²) in [5, 5.41) is 20.7. The van der Waals surface area contributed by atoms with Crippen LogP contribution in [0.5, 0.6) is 0 Å². The number of hydrogen-bond acceptors (Lipinski definition) is 8.